The minimum atomic E-state index is -3.72. The molecular weight excluding hydrogens is 350 g/mol. The number of hydrogen-bond donors (Lipinski definition) is 2. The molecule has 0 aromatic heterocycles. The number of anilines is 2. The molecule has 6 nitrogen and oxygen atoms in total. The number of benzene rings is 2. The predicted molar refractivity (Wildman–Crippen MR) is 104 cm³/mol. The summed E-state index contributed by atoms with van der Waals surface area (Å²) in [6.07, 6.45) is 0. The van der Waals surface area contributed by atoms with E-state index < -0.39 is 10.0 Å². The zero-order chi connectivity index (χ0) is 18.7. The third-order valence-corrected chi connectivity index (χ3v) is 6.11. The lowest BCUT2D eigenvalue weighted by Crippen LogP contribution is -3.12. The van der Waals surface area contributed by atoms with Gasteiger partial charge < -0.3 is 14.5 Å². The molecule has 1 fully saturated rings. The highest BCUT2D eigenvalue weighted by Crippen LogP contribution is 2.27. The smallest absolute Gasteiger partial charge is 0.265 e. The van der Waals surface area contributed by atoms with Gasteiger partial charge in [-0.15, -0.1) is 0 Å². The molecule has 26 heavy (non-hydrogen) atoms. The van der Waals surface area contributed by atoms with Crippen molar-refractivity contribution in [2.24, 2.45) is 0 Å². The van der Waals surface area contributed by atoms with Crippen LogP contribution >= 0.6 is 0 Å². The van der Waals surface area contributed by atoms with Crippen molar-refractivity contribution in [3.63, 3.8) is 0 Å². The lowest BCUT2D eigenvalue weighted by atomic mass is 10.2. The van der Waals surface area contributed by atoms with Gasteiger partial charge in [0, 0.05) is 11.4 Å². The molecule has 0 radical (unpaired) electrons. The van der Waals surface area contributed by atoms with Gasteiger partial charge in [0.1, 0.15) is 10.6 Å². The minimum absolute atomic E-state index is 0.145. The number of quaternary nitrogens is 1. The molecule has 0 unspecified atom stereocenters. The number of methoxy groups -OCH3 is 1. The molecule has 2 aromatic rings. The summed E-state index contributed by atoms with van der Waals surface area (Å²) >= 11 is 0. The Bertz CT molecular complexity index is 858. The van der Waals surface area contributed by atoms with Crippen LogP contribution in [0, 0.1) is 6.92 Å². The van der Waals surface area contributed by atoms with E-state index >= 15 is 0 Å². The molecule has 0 spiro atoms. The maximum Gasteiger partial charge on any atom is 0.265 e. The fourth-order valence-corrected chi connectivity index (χ4v) is 4.40. The van der Waals surface area contributed by atoms with Gasteiger partial charge in [-0.2, -0.15) is 0 Å². The van der Waals surface area contributed by atoms with E-state index in [0.717, 1.165) is 37.4 Å². The Balaban J connectivity index is 1.77. The van der Waals surface area contributed by atoms with E-state index in [9.17, 15) is 8.42 Å². The Morgan fingerprint density at radius 3 is 2.35 bits per heavy atom. The van der Waals surface area contributed by atoms with Crippen molar-refractivity contribution >= 4 is 21.4 Å². The fourth-order valence-electron chi connectivity index (χ4n) is 3.09. The molecule has 0 bridgehead atoms. The van der Waals surface area contributed by atoms with E-state index in [2.05, 4.69) is 16.7 Å². The standard InChI is InChI=1S/C19H25N3O3S/c1-15-4-9-18(25-3)19(14-15)26(23,24)20-16-5-7-17(8-6-16)22-12-10-21(2)11-13-22/h4-9,14,20H,10-13H2,1-3H3/p+1. The molecule has 0 aliphatic carbocycles. The number of sulfonamides is 1. The summed E-state index contributed by atoms with van der Waals surface area (Å²) in [4.78, 5) is 4.01. The van der Waals surface area contributed by atoms with Crippen LogP contribution in [0.2, 0.25) is 0 Å². The van der Waals surface area contributed by atoms with Crippen LogP contribution in [-0.4, -0.2) is 48.8 Å². The highest BCUT2D eigenvalue weighted by molar-refractivity contribution is 7.92. The lowest BCUT2D eigenvalue weighted by Gasteiger charge is -2.31. The third-order valence-electron chi connectivity index (χ3n) is 4.71. The van der Waals surface area contributed by atoms with Gasteiger partial charge >= 0.3 is 0 Å². The molecular formula is C19H26N3O3S+. The second-order valence-corrected chi connectivity index (χ2v) is 8.40. The predicted octanol–water partition coefficient (Wildman–Crippen LogP) is 1.14. The molecule has 2 N–H and O–H groups in total. The van der Waals surface area contributed by atoms with Gasteiger partial charge in [0.25, 0.3) is 10.0 Å². The van der Waals surface area contributed by atoms with Gasteiger partial charge in [-0.25, -0.2) is 8.42 Å². The molecule has 1 saturated heterocycles. The number of likely N-dealkylation sites (N-methyl/N-ethyl adjacent to an activating group) is 1. The maximum absolute atomic E-state index is 12.8. The summed E-state index contributed by atoms with van der Waals surface area (Å²) in [7, 11) is -0.0439. The van der Waals surface area contributed by atoms with Gasteiger partial charge in [0.15, 0.2) is 0 Å². The molecule has 140 valence electrons. The SMILES string of the molecule is COc1ccc(C)cc1S(=O)(=O)Nc1ccc(N2CC[NH+](C)CC2)cc1. The quantitative estimate of drug-likeness (QED) is 0.822. The van der Waals surface area contributed by atoms with Crippen LogP contribution < -0.4 is 19.3 Å². The summed E-state index contributed by atoms with van der Waals surface area (Å²) in [5, 5.41) is 0. The molecule has 1 heterocycles. The molecule has 7 heteroatoms. The van der Waals surface area contributed by atoms with Crippen molar-refractivity contribution < 1.29 is 18.1 Å². The number of ether oxygens (including phenoxy) is 1. The summed E-state index contributed by atoms with van der Waals surface area (Å²) in [5.41, 5.74) is 2.52. The van der Waals surface area contributed by atoms with Crippen LogP contribution in [0.15, 0.2) is 47.4 Å². The van der Waals surface area contributed by atoms with Gasteiger partial charge in [0.2, 0.25) is 0 Å². The third kappa shape index (κ3) is 4.11. The fraction of sp³-hybridized carbons (Fsp3) is 0.368. The van der Waals surface area contributed by atoms with Crippen molar-refractivity contribution in [2.75, 3.05) is 50.0 Å². The first kappa shape index (κ1) is 18.5. The van der Waals surface area contributed by atoms with E-state index in [0.29, 0.717) is 11.4 Å². The first-order chi connectivity index (χ1) is 12.4. The molecule has 1 aliphatic rings. The monoisotopic (exact) mass is 376 g/mol. The van der Waals surface area contributed by atoms with Crippen LogP contribution in [0.5, 0.6) is 5.75 Å². The summed E-state index contributed by atoms with van der Waals surface area (Å²) in [6, 6.07) is 12.6. The Hall–Kier alpha value is -2.25. The van der Waals surface area contributed by atoms with Crippen LogP contribution in [0.25, 0.3) is 0 Å². The first-order valence-corrected chi connectivity index (χ1v) is 10.2. The second-order valence-electron chi connectivity index (χ2n) is 6.75. The number of hydrogen-bond acceptors (Lipinski definition) is 4. The largest absolute Gasteiger partial charge is 0.495 e. The maximum atomic E-state index is 12.8. The Labute approximate surface area is 155 Å². The van der Waals surface area contributed by atoms with Crippen molar-refractivity contribution in [3.8, 4) is 5.75 Å². The number of aryl methyl sites for hydroxylation is 1. The second kappa shape index (κ2) is 7.55. The van der Waals surface area contributed by atoms with E-state index in [1.54, 1.807) is 24.3 Å². The summed E-state index contributed by atoms with van der Waals surface area (Å²) < 4.78 is 33.4. The zero-order valence-electron chi connectivity index (χ0n) is 15.5. The zero-order valence-corrected chi connectivity index (χ0v) is 16.3. The van der Waals surface area contributed by atoms with Gasteiger partial charge in [-0.3, -0.25) is 4.72 Å². The van der Waals surface area contributed by atoms with Crippen LogP contribution in [0.4, 0.5) is 11.4 Å². The van der Waals surface area contributed by atoms with Crippen molar-refractivity contribution in [1.29, 1.82) is 0 Å². The van der Waals surface area contributed by atoms with Crippen LogP contribution in [-0.2, 0) is 10.0 Å². The van der Waals surface area contributed by atoms with E-state index in [4.69, 9.17) is 4.74 Å². The van der Waals surface area contributed by atoms with Gasteiger partial charge in [-0.05, 0) is 48.9 Å². The average molecular weight is 377 g/mol. The summed E-state index contributed by atoms with van der Waals surface area (Å²) in [6.45, 7) is 6.10. The number of nitrogens with zero attached hydrogens (tertiary/aromatic N) is 1. The Kier molecular flexibility index (Phi) is 5.38. The van der Waals surface area contributed by atoms with Crippen molar-refractivity contribution in [3.05, 3.63) is 48.0 Å². The van der Waals surface area contributed by atoms with E-state index in [-0.39, 0.29) is 4.90 Å². The van der Waals surface area contributed by atoms with E-state index in [1.165, 1.54) is 12.0 Å². The lowest BCUT2D eigenvalue weighted by molar-refractivity contribution is -0.880. The minimum Gasteiger partial charge on any atom is -0.495 e. The van der Waals surface area contributed by atoms with Gasteiger partial charge in [-0.1, -0.05) is 6.07 Å². The highest BCUT2D eigenvalue weighted by atomic mass is 32.2. The molecule has 0 atom stereocenters. The number of rotatable bonds is 5. The Morgan fingerprint density at radius 2 is 1.73 bits per heavy atom. The topological polar surface area (TPSA) is 63.1 Å². The highest BCUT2D eigenvalue weighted by Gasteiger charge is 2.21. The van der Waals surface area contributed by atoms with E-state index in [1.807, 2.05) is 25.1 Å². The Morgan fingerprint density at radius 1 is 1.08 bits per heavy atom. The molecule has 2 aromatic carbocycles. The van der Waals surface area contributed by atoms with Crippen molar-refractivity contribution in [2.45, 2.75) is 11.8 Å². The number of piperazine rings is 1. The molecule has 3 rings (SSSR count). The summed E-state index contributed by atoms with van der Waals surface area (Å²) in [5.74, 6) is 0.333. The average Bonchev–Trinajstić information content (AvgIpc) is 2.63. The molecule has 0 amide bonds. The normalized spacial score (nSPS) is 15.7. The van der Waals surface area contributed by atoms with Crippen LogP contribution in [0.3, 0.4) is 0 Å². The van der Waals surface area contributed by atoms with Gasteiger partial charge in [0.05, 0.1) is 40.3 Å². The molecule has 0 saturated carbocycles. The van der Waals surface area contributed by atoms with Crippen LogP contribution in [0.1, 0.15) is 5.56 Å². The molecule has 1 aliphatic heterocycles. The first-order valence-electron chi connectivity index (χ1n) is 8.73. The van der Waals surface area contributed by atoms with Crippen molar-refractivity contribution in [1.82, 2.24) is 0 Å². The number of nitrogens with one attached hydrogen (secondary N) is 2.